The van der Waals surface area contributed by atoms with Crippen LogP contribution in [0.2, 0.25) is 0 Å². The van der Waals surface area contributed by atoms with Gasteiger partial charge in [-0.15, -0.1) is 0 Å². The molecule has 0 spiro atoms. The van der Waals surface area contributed by atoms with E-state index in [0.717, 1.165) is 38.5 Å². The number of unbranched alkanes of at least 4 members (excludes halogenated alkanes) is 20. The van der Waals surface area contributed by atoms with Gasteiger partial charge in [0.15, 0.2) is 6.10 Å². The summed E-state index contributed by atoms with van der Waals surface area (Å²) in [6, 6.07) is 0. The molecule has 1 saturated heterocycles. The van der Waals surface area contributed by atoms with Crippen molar-refractivity contribution < 1.29 is 42.3 Å². The molecule has 1 heterocycles. The summed E-state index contributed by atoms with van der Waals surface area (Å²) in [5.41, 5.74) is 5.35. The van der Waals surface area contributed by atoms with Gasteiger partial charge in [-0.05, 0) is 70.6 Å². The van der Waals surface area contributed by atoms with Crippen LogP contribution in [0.3, 0.4) is 0 Å². The van der Waals surface area contributed by atoms with E-state index in [1.165, 1.54) is 128 Å². The Morgan fingerprint density at radius 2 is 1.10 bits per heavy atom. The van der Waals surface area contributed by atoms with Crippen molar-refractivity contribution in [3.05, 3.63) is 48.6 Å². The number of hydrogen-bond acceptors (Lipinski definition) is 9. The highest BCUT2D eigenvalue weighted by Crippen LogP contribution is 2.43. The van der Waals surface area contributed by atoms with Gasteiger partial charge in [0.25, 0.3) is 0 Å². The van der Waals surface area contributed by atoms with E-state index in [2.05, 4.69) is 56.4 Å². The summed E-state index contributed by atoms with van der Waals surface area (Å²) in [6.45, 7) is 3.64. The zero-order chi connectivity index (χ0) is 43.6. The maximum absolute atomic E-state index is 12.6. The van der Waals surface area contributed by atoms with Crippen molar-refractivity contribution in [1.82, 2.24) is 0 Å². The smallest absolute Gasteiger partial charge is 0.462 e. The van der Waals surface area contributed by atoms with Crippen LogP contribution in [0.4, 0.5) is 0 Å². The highest BCUT2D eigenvalue weighted by molar-refractivity contribution is 7.47. The largest absolute Gasteiger partial charge is 0.472 e. The molecular formula is C49H88NO9P. The van der Waals surface area contributed by atoms with E-state index in [1.807, 2.05) is 6.08 Å². The summed E-state index contributed by atoms with van der Waals surface area (Å²) in [7, 11) is -4.40. The average Bonchev–Trinajstić information content (AvgIpc) is 3.99. The number of carbonyl (C=O) groups is 2. The van der Waals surface area contributed by atoms with E-state index in [9.17, 15) is 19.0 Å². The third-order valence-electron chi connectivity index (χ3n) is 10.6. The maximum atomic E-state index is 12.6. The molecule has 3 unspecified atom stereocenters. The van der Waals surface area contributed by atoms with Crippen molar-refractivity contribution in [2.75, 3.05) is 26.4 Å². The first-order valence-electron chi connectivity index (χ1n) is 24.2. The van der Waals surface area contributed by atoms with Crippen molar-refractivity contribution in [1.29, 1.82) is 0 Å². The normalized spacial score (nSPS) is 17.0. The first-order chi connectivity index (χ1) is 29.3. The number of esters is 2. The monoisotopic (exact) mass is 866 g/mol. The van der Waals surface area contributed by atoms with E-state index in [1.54, 1.807) is 0 Å². The van der Waals surface area contributed by atoms with Gasteiger partial charge >= 0.3 is 19.8 Å². The van der Waals surface area contributed by atoms with Crippen molar-refractivity contribution in [3.63, 3.8) is 0 Å². The van der Waals surface area contributed by atoms with Crippen LogP contribution in [0.1, 0.15) is 206 Å². The molecule has 60 heavy (non-hydrogen) atoms. The van der Waals surface area contributed by atoms with Crippen molar-refractivity contribution in [3.8, 4) is 0 Å². The first-order valence-corrected chi connectivity index (χ1v) is 25.7. The Balaban J connectivity index is 2.15. The molecule has 0 aromatic heterocycles. The molecule has 0 aromatic rings. The summed E-state index contributed by atoms with van der Waals surface area (Å²) >= 11 is 0. The standard InChI is InChI=1S/C49H88NO9P/c1-3-5-7-8-9-10-11-12-13-14-15-16-17-18-19-20-21-25-28-31-35-39-48(51)55-43-45(44-57-60(53,54)56-42-41-50)58-49(52)40-36-32-29-26-23-22-24-27-30-34-38-47-46(59-47)37-33-6-4-2/h12-13,22,24,26,29-30,34,45-47H,3-11,14-21,23,25,27-28,31-33,35-44,50H2,1-2H3,(H,53,54)/b13-12-,24-22-,29-26-,34-30-/t45-,46?,47?/m1/s1. The lowest BCUT2D eigenvalue weighted by molar-refractivity contribution is -0.161. The molecule has 1 aliphatic rings. The van der Waals surface area contributed by atoms with Gasteiger partial charge in [-0.25, -0.2) is 4.57 Å². The zero-order valence-electron chi connectivity index (χ0n) is 38.1. The second kappa shape index (κ2) is 41.0. The summed E-state index contributed by atoms with van der Waals surface area (Å²) in [5, 5.41) is 0. The SMILES string of the molecule is CCCCCCCC/C=C\CCCCCCCCCCCCCC(=O)OC[C@H](COP(=O)(O)OCCN)OC(=O)CCC/C=C\C/C=C\C/C=C\CC1OC1CCCCC. The zero-order valence-corrected chi connectivity index (χ0v) is 39.0. The van der Waals surface area contributed by atoms with E-state index < -0.39 is 32.5 Å². The van der Waals surface area contributed by atoms with Crippen molar-refractivity contribution in [2.45, 2.75) is 225 Å². The third-order valence-corrected chi connectivity index (χ3v) is 11.6. The van der Waals surface area contributed by atoms with E-state index in [-0.39, 0.29) is 32.6 Å². The fourth-order valence-electron chi connectivity index (χ4n) is 6.89. The number of allylic oxidation sites excluding steroid dienone is 7. The fourth-order valence-corrected chi connectivity index (χ4v) is 7.66. The minimum Gasteiger partial charge on any atom is -0.462 e. The molecule has 3 N–H and O–H groups in total. The molecule has 0 amide bonds. The molecule has 4 atom stereocenters. The van der Waals surface area contributed by atoms with E-state index in [4.69, 9.17) is 29.0 Å². The Morgan fingerprint density at radius 1 is 0.600 bits per heavy atom. The number of rotatable bonds is 44. The van der Waals surface area contributed by atoms with Gasteiger partial charge in [-0.3, -0.25) is 18.6 Å². The van der Waals surface area contributed by atoms with Crippen LogP contribution in [0.5, 0.6) is 0 Å². The Kier molecular flexibility index (Phi) is 38.2. The lowest BCUT2D eigenvalue weighted by Crippen LogP contribution is -2.29. The summed E-state index contributed by atoms with van der Waals surface area (Å²) in [5.74, 6) is -0.897. The Labute approximate surface area is 366 Å². The number of carbonyl (C=O) groups excluding carboxylic acids is 2. The number of phosphoric acid groups is 1. The molecule has 0 radical (unpaired) electrons. The van der Waals surface area contributed by atoms with E-state index in [0.29, 0.717) is 25.0 Å². The van der Waals surface area contributed by atoms with Crippen LogP contribution in [0, 0.1) is 0 Å². The molecule has 0 aliphatic carbocycles. The Bertz CT molecular complexity index is 1190. The number of epoxide rings is 1. The van der Waals surface area contributed by atoms with Crippen LogP contribution in [0.15, 0.2) is 48.6 Å². The average molecular weight is 866 g/mol. The predicted octanol–water partition coefficient (Wildman–Crippen LogP) is 13.3. The Hall–Kier alpha value is -2.07. The third kappa shape index (κ3) is 37.7. The van der Waals surface area contributed by atoms with Crippen LogP contribution < -0.4 is 5.73 Å². The Morgan fingerprint density at radius 3 is 1.72 bits per heavy atom. The predicted molar refractivity (Wildman–Crippen MR) is 247 cm³/mol. The lowest BCUT2D eigenvalue weighted by atomic mass is 10.0. The second-order valence-electron chi connectivity index (χ2n) is 16.4. The van der Waals surface area contributed by atoms with Gasteiger partial charge in [0, 0.05) is 19.4 Å². The first kappa shape index (κ1) is 55.9. The van der Waals surface area contributed by atoms with Crippen LogP contribution >= 0.6 is 7.82 Å². The molecule has 348 valence electrons. The molecule has 0 aromatic carbocycles. The number of nitrogens with two attached hydrogens (primary N) is 1. The summed E-state index contributed by atoms with van der Waals surface area (Å²) in [4.78, 5) is 35.0. The molecule has 1 rings (SSSR count). The fraction of sp³-hybridized carbons (Fsp3) is 0.796. The molecular weight excluding hydrogens is 778 g/mol. The van der Waals surface area contributed by atoms with E-state index >= 15 is 0 Å². The number of ether oxygens (including phenoxy) is 3. The van der Waals surface area contributed by atoms with Crippen LogP contribution in [-0.4, -0.2) is 61.5 Å². The molecule has 11 heteroatoms. The topological polar surface area (TPSA) is 147 Å². The molecule has 10 nitrogen and oxygen atoms in total. The molecule has 0 saturated carbocycles. The van der Waals surface area contributed by atoms with Crippen LogP contribution in [0.25, 0.3) is 0 Å². The van der Waals surface area contributed by atoms with Gasteiger partial charge in [-0.1, -0.05) is 172 Å². The van der Waals surface area contributed by atoms with Gasteiger partial charge in [0.05, 0.1) is 25.4 Å². The van der Waals surface area contributed by atoms with Gasteiger partial charge in [0.1, 0.15) is 6.61 Å². The van der Waals surface area contributed by atoms with Crippen LogP contribution in [-0.2, 0) is 37.4 Å². The molecule has 1 aliphatic heterocycles. The number of hydrogen-bond donors (Lipinski definition) is 2. The number of phosphoric ester groups is 1. The maximum Gasteiger partial charge on any atom is 0.472 e. The lowest BCUT2D eigenvalue weighted by Gasteiger charge is -2.19. The van der Waals surface area contributed by atoms with Gasteiger partial charge in [-0.2, -0.15) is 0 Å². The second-order valence-corrected chi connectivity index (χ2v) is 17.8. The van der Waals surface area contributed by atoms with Crippen molar-refractivity contribution in [2.24, 2.45) is 5.73 Å². The van der Waals surface area contributed by atoms with Gasteiger partial charge in [0.2, 0.25) is 0 Å². The van der Waals surface area contributed by atoms with Gasteiger partial charge < -0.3 is 24.8 Å². The van der Waals surface area contributed by atoms with Crippen molar-refractivity contribution >= 4 is 19.8 Å². The summed E-state index contributed by atoms with van der Waals surface area (Å²) < 4.78 is 38.5. The minimum absolute atomic E-state index is 0.0417. The minimum atomic E-state index is -4.40. The summed E-state index contributed by atoms with van der Waals surface area (Å²) in [6.07, 6.45) is 50.4. The highest BCUT2D eigenvalue weighted by atomic mass is 31.2. The highest BCUT2D eigenvalue weighted by Gasteiger charge is 2.36. The quantitative estimate of drug-likeness (QED) is 0.0199. The molecule has 0 bridgehead atoms. The molecule has 1 fully saturated rings.